The van der Waals surface area contributed by atoms with Crippen LogP contribution in [-0.2, 0) is 6.54 Å². The minimum absolute atomic E-state index is 0.223. The van der Waals surface area contributed by atoms with Crippen LogP contribution < -0.4 is 11.2 Å². The van der Waals surface area contributed by atoms with Crippen molar-refractivity contribution < 1.29 is 4.48 Å². The summed E-state index contributed by atoms with van der Waals surface area (Å²) in [5.41, 5.74) is 11.3. The summed E-state index contributed by atoms with van der Waals surface area (Å²) < 4.78 is 14.6. The number of amidine groups is 2. The second kappa shape index (κ2) is 22.8. The first-order valence-corrected chi connectivity index (χ1v) is 14.9. The third-order valence-electron chi connectivity index (χ3n) is 6.38. The van der Waals surface area contributed by atoms with Crippen LogP contribution in [0.2, 0.25) is 0 Å². The van der Waals surface area contributed by atoms with Crippen LogP contribution in [0.25, 0.3) is 0 Å². The average Bonchev–Trinajstić information content (AvgIpc) is 3.14. The van der Waals surface area contributed by atoms with E-state index in [1.807, 2.05) is 120 Å². The van der Waals surface area contributed by atoms with Gasteiger partial charge in [-0.05, 0) is 32.5 Å². The van der Waals surface area contributed by atoms with Gasteiger partial charge in [0, 0.05) is 17.7 Å². The number of benzene rings is 3. The van der Waals surface area contributed by atoms with Crippen molar-refractivity contribution in [1.82, 2.24) is 15.6 Å². The quantitative estimate of drug-likeness (QED) is 0.143. The van der Waals surface area contributed by atoms with Crippen molar-refractivity contribution >= 4 is 37.7 Å². The maximum absolute atomic E-state index is 14.6. The fourth-order valence-electron chi connectivity index (χ4n) is 3.97. The van der Waals surface area contributed by atoms with Crippen molar-refractivity contribution in [2.24, 2.45) is 25.7 Å². The fourth-order valence-corrected chi connectivity index (χ4v) is 3.97. The van der Waals surface area contributed by atoms with Crippen LogP contribution in [0.15, 0.2) is 147 Å². The Morgan fingerprint density at radius 1 is 0.936 bits per heavy atom. The molecule has 1 atom stereocenters. The number of hydrogen-bond acceptors (Lipinski definition) is 8. The summed E-state index contributed by atoms with van der Waals surface area (Å²) in [6, 6.07) is 28.4. The Balaban J connectivity index is 0.000000286. The SMILES string of the molecule is C=NC(=N)c1ccccc1.C=NC(=N)c1ccccc1.CN.FN(/C=C1\C=NC=NCCN1NCc1ccccc1)C1C=CC=CC1. The van der Waals surface area contributed by atoms with E-state index in [0.717, 1.165) is 21.8 Å². The number of nitrogens with zero attached hydrogens (tertiary/aromatic N) is 6. The van der Waals surface area contributed by atoms with Crippen LogP contribution in [0.3, 0.4) is 0 Å². The molecule has 1 heterocycles. The Hall–Kier alpha value is -5.65. The molecule has 0 aromatic heterocycles. The first kappa shape index (κ1) is 37.5. The molecule has 1 aliphatic heterocycles. The molecule has 0 saturated heterocycles. The molecule has 0 amide bonds. The molecule has 0 saturated carbocycles. The fraction of sp³-hybridized carbons (Fsp3) is 0.167. The second-order valence-corrected chi connectivity index (χ2v) is 9.53. The lowest BCUT2D eigenvalue weighted by molar-refractivity contribution is 0.0540. The van der Waals surface area contributed by atoms with Crippen molar-refractivity contribution in [3.05, 3.63) is 144 Å². The van der Waals surface area contributed by atoms with Gasteiger partial charge in [-0.3, -0.25) is 15.8 Å². The number of nitrogens with two attached hydrogens (primary N) is 1. The molecule has 0 spiro atoms. The standard InChI is InChI=1S/C19H22FN5.2C8H8N2.CH5N/c20-24(18-9-5-2-6-10-18)15-19-14-22-16-21-11-12-25(19)23-13-17-7-3-1-4-8-17;2*1-10-8(9)7-5-3-2-4-6-7;1-2/h1-9,14-16,18,23H,10-13H2;2*2-6,9H,1H2;2H2,1H3/b19-15+,21-16?,22-14?;;;. The topological polar surface area (TPSA) is 142 Å². The van der Waals surface area contributed by atoms with Crippen LogP contribution in [0, 0.1) is 10.8 Å². The van der Waals surface area contributed by atoms with Crippen LogP contribution in [0.4, 0.5) is 4.48 Å². The van der Waals surface area contributed by atoms with Crippen molar-refractivity contribution in [3.63, 3.8) is 0 Å². The van der Waals surface area contributed by atoms with Gasteiger partial charge >= 0.3 is 0 Å². The Morgan fingerprint density at radius 2 is 1.49 bits per heavy atom. The summed E-state index contributed by atoms with van der Waals surface area (Å²) in [4.78, 5) is 15.3. The predicted octanol–water partition coefficient (Wildman–Crippen LogP) is 6.02. The van der Waals surface area contributed by atoms with Gasteiger partial charge in [0.1, 0.15) is 6.34 Å². The van der Waals surface area contributed by atoms with E-state index < -0.39 is 0 Å². The summed E-state index contributed by atoms with van der Waals surface area (Å²) in [6.45, 7) is 8.40. The number of hydrazine groups is 1. The normalized spacial score (nSPS) is 15.3. The van der Waals surface area contributed by atoms with Crippen LogP contribution >= 0.6 is 0 Å². The lowest BCUT2D eigenvalue weighted by Crippen LogP contribution is -2.40. The molecule has 244 valence electrons. The van der Waals surface area contributed by atoms with E-state index >= 15 is 0 Å². The molecule has 0 radical (unpaired) electrons. The summed E-state index contributed by atoms with van der Waals surface area (Å²) in [5, 5.41) is 17.1. The number of nitrogens with one attached hydrogen (secondary N) is 3. The molecule has 5 rings (SSSR count). The van der Waals surface area contributed by atoms with Crippen LogP contribution in [0.1, 0.15) is 23.1 Å². The van der Waals surface area contributed by atoms with E-state index in [2.05, 4.69) is 44.6 Å². The maximum atomic E-state index is 14.6. The van der Waals surface area contributed by atoms with E-state index in [-0.39, 0.29) is 17.7 Å². The number of halogens is 1. The van der Waals surface area contributed by atoms with E-state index in [1.165, 1.54) is 19.6 Å². The van der Waals surface area contributed by atoms with Crippen LogP contribution in [0.5, 0.6) is 0 Å². The Kier molecular flexibility index (Phi) is 18.2. The molecular weight excluding hydrogens is 591 g/mol. The third kappa shape index (κ3) is 14.3. The predicted molar refractivity (Wildman–Crippen MR) is 195 cm³/mol. The molecule has 3 aromatic carbocycles. The third-order valence-corrected chi connectivity index (χ3v) is 6.38. The minimum atomic E-state index is -0.291. The van der Waals surface area contributed by atoms with Gasteiger partial charge in [-0.2, -0.15) is 0 Å². The van der Waals surface area contributed by atoms with Crippen molar-refractivity contribution in [1.29, 1.82) is 10.8 Å². The highest BCUT2D eigenvalue weighted by Crippen LogP contribution is 2.15. The summed E-state index contributed by atoms with van der Waals surface area (Å²) in [7, 11) is 1.50. The average molecular weight is 635 g/mol. The van der Waals surface area contributed by atoms with Crippen molar-refractivity contribution in [2.45, 2.75) is 19.0 Å². The highest BCUT2D eigenvalue weighted by atomic mass is 19.2. The van der Waals surface area contributed by atoms with Crippen molar-refractivity contribution in [2.75, 3.05) is 20.1 Å². The zero-order valence-electron chi connectivity index (χ0n) is 26.7. The largest absolute Gasteiger partial charge is 0.333 e. The smallest absolute Gasteiger partial charge is 0.151 e. The van der Waals surface area contributed by atoms with Gasteiger partial charge in [0.2, 0.25) is 0 Å². The first-order chi connectivity index (χ1) is 23.0. The van der Waals surface area contributed by atoms with Crippen molar-refractivity contribution in [3.8, 4) is 0 Å². The number of aliphatic imine (C=N–C) groups is 4. The molecule has 2 aliphatic rings. The van der Waals surface area contributed by atoms with Crippen LogP contribution in [-0.4, -0.2) is 74.0 Å². The lowest BCUT2D eigenvalue weighted by Gasteiger charge is -2.28. The molecule has 11 heteroatoms. The van der Waals surface area contributed by atoms with E-state index in [0.29, 0.717) is 31.8 Å². The van der Waals surface area contributed by atoms with Gasteiger partial charge in [-0.1, -0.05) is 120 Å². The number of hydrogen-bond donors (Lipinski definition) is 4. The zero-order valence-corrected chi connectivity index (χ0v) is 26.7. The molecule has 47 heavy (non-hydrogen) atoms. The van der Waals surface area contributed by atoms with E-state index in [1.54, 1.807) is 6.21 Å². The zero-order chi connectivity index (χ0) is 34.1. The highest BCUT2D eigenvalue weighted by molar-refractivity contribution is 5.99. The molecule has 1 aliphatic carbocycles. The molecule has 10 nitrogen and oxygen atoms in total. The lowest BCUT2D eigenvalue weighted by atomic mass is 10.1. The molecule has 0 fully saturated rings. The number of rotatable bonds is 7. The summed E-state index contributed by atoms with van der Waals surface area (Å²) in [6.07, 6.45) is 12.9. The Labute approximate surface area is 276 Å². The van der Waals surface area contributed by atoms with Gasteiger partial charge in [-0.15, -0.1) is 0 Å². The second-order valence-electron chi connectivity index (χ2n) is 9.53. The van der Waals surface area contributed by atoms with E-state index in [4.69, 9.17) is 10.8 Å². The maximum Gasteiger partial charge on any atom is 0.151 e. The summed E-state index contributed by atoms with van der Waals surface area (Å²) in [5.74, 6) is 0.446. The molecule has 3 aromatic rings. The Morgan fingerprint density at radius 3 is 2.00 bits per heavy atom. The Bertz CT molecular complexity index is 1460. The summed E-state index contributed by atoms with van der Waals surface area (Å²) >= 11 is 0. The molecule has 5 N–H and O–H groups in total. The highest BCUT2D eigenvalue weighted by Gasteiger charge is 2.16. The molecule has 0 bridgehead atoms. The van der Waals surface area contributed by atoms with E-state index in [9.17, 15) is 4.48 Å². The molecular formula is C36H43FN10. The first-order valence-electron chi connectivity index (χ1n) is 14.9. The van der Waals surface area contributed by atoms with Gasteiger partial charge in [0.25, 0.3) is 0 Å². The minimum Gasteiger partial charge on any atom is -0.333 e. The molecule has 1 unspecified atom stereocenters. The van der Waals surface area contributed by atoms with Gasteiger partial charge < -0.3 is 10.7 Å². The number of allylic oxidation sites excluding steroid dienone is 3. The van der Waals surface area contributed by atoms with Gasteiger partial charge in [-0.25, -0.2) is 25.5 Å². The van der Waals surface area contributed by atoms with Gasteiger partial charge in [0.15, 0.2) is 11.7 Å². The van der Waals surface area contributed by atoms with Gasteiger partial charge in [0.05, 0.1) is 37.2 Å². The monoisotopic (exact) mass is 634 g/mol.